The van der Waals surface area contributed by atoms with Crippen molar-refractivity contribution in [2.45, 2.75) is 25.6 Å². The highest BCUT2D eigenvalue weighted by Gasteiger charge is 2.28. The Kier molecular flexibility index (Phi) is 4.80. The third kappa shape index (κ3) is 4.41. The Morgan fingerprint density at radius 2 is 2.33 bits per heavy atom. The standard InChI is InChI=1S/C15H23N3O3/c1-15(2)10-16-8-12(21-15)9-20-11-5-6-17-13(7-11)14(19)18(3)4/h5-7,12,16H,8-10H2,1-4H3. The van der Waals surface area contributed by atoms with Gasteiger partial charge in [0.1, 0.15) is 24.2 Å². The smallest absolute Gasteiger partial charge is 0.272 e. The van der Waals surface area contributed by atoms with E-state index in [1.807, 2.05) is 13.8 Å². The van der Waals surface area contributed by atoms with Crippen LogP contribution in [0, 0.1) is 0 Å². The number of carbonyl (C=O) groups excluding carboxylic acids is 1. The molecule has 0 aromatic carbocycles. The molecule has 1 aromatic heterocycles. The Balaban J connectivity index is 1.94. The summed E-state index contributed by atoms with van der Waals surface area (Å²) in [6.45, 7) is 6.13. The zero-order valence-corrected chi connectivity index (χ0v) is 13.0. The van der Waals surface area contributed by atoms with Crippen molar-refractivity contribution < 1.29 is 14.3 Å². The molecule has 0 spiro atoms. The normalized spacial score (nSPS) is 20.9. The van der Waals surface area contributed by atoms with Gasteiger partial charge in [-0.05, 0) is 19.9 Å². The predicted molar refractivity (Wildman–Crippen MR) is 79.6 cm³/mol. The molecule has 1 aromatic rings. The van der Waals surface area contributed by atoms with E-state index in [9.17, 15) is 4.79 Å². The summed E-state index contributed by atoms with van der Waals surface area (Å²) >= 11 is 0. The van der Waals surface area contributed by atoms with Crippen LogP contribution in [0.1, 0.15) is 24.3 Å². The van der Waals surface area contributed by atoms with Gasteiger partial charge in [0, 0.05) is 39.4 Å². The average Bonchev–Trinajstić information content (AvgIpc) is 2.43. The number of carbonyl (C=O) groups is 1. The number of nitrogens with one attached hydrogen (secondary N) is 1. The molecule has 1 unspecified atom stereocenters. The van der Waals surface area contributed by atoms with Gasteiger partial charge in [0.2, 0.25) is 0 Å². The minimum Gasteiger partial charge on any atom is -0.491 e. The van der Waals surface area contributed by atoms with Crippen molar-refractivity contribution in [3.63, 3.8) is 0 Å². The lowest BCUT2D eigenvalue weighted by Crippen LogP contribution is -2.52. The zero-order valence-electron chi connectivity index (χ0n) is 13.0. The molecule has 1 aliphatic rings. The largest absolute Gasteiger partial charge is 0.491 e. The van der Waals surface area contributed by atoms with Gasteiger partial charge in [-0.15, -0.1) is 0 Å². The Bertz CT molecular complexity index is 503. The maximum Gasteiger partial charge on any atom is 0.272 e. The highest BCUT2D eigenvalue weighted by Crippen LogP contribution is 2.17. The summed E-state index contributed by atoms with van der Waals surface area (Å²) in [6, 6.07) is 3.40. The molecule has 6 heteroatoms. The van der Waals surface area contributed by atoms with Crippen LogP contribution < -0.4 is 10.1 Å². The fraction of sp³-hybridized carbons (Fsp3) is 0.600. The molecule has 0 radical (unpaired) electrons. The van der Waals surface area contributed by atoms with Crippen LogP contribution in [0.2, 0.25) is 0 Å². The van der Waals surface area contributed by atoms with Gasteiger partial charge >= 0.3 is 0 Å². The van der Waals surface area contributed by atoms with Crippen molar-refractivity contribution in [3.05, 3.63) is 24.0 Å². The number of amides is 1. The lowest BCUT2D eigenvalue weighted by atomic mass is 10.1. The second-order valence-corrected chi connectivity index (χ2v) is 6.02. The SMILES string of the molecule is CN(C)C(=O)c1cc(OCC2CNCC(C)(C)O2)ccn1. The number of rotatable bonds is 4. The number of aromatic nitrogens is 1. The highest BCUT2D eigenvalue weighted by molar-refractivity contribution is 5.92. The second kappa shape index (κ2) is 6.41. The van der Waals surface area contributed by atoms with Crippen LogP contribution in [0.4, 0.5) is 0 Å². The summed E-state index contributed by atoms with van der Waals surface area (Å²) in [5.41, 5.74) is 0.192. The maximum atomic E-state index is 11.9. The molecule has 1 N–H and O–H groups in total. The van der Waals surface area contributed by atoms with Crippen LogP contribution >= 0.6 is 0 Å². The topological polar surface area (TPSA) is 63.7 Å². The monoisotopic (exact) mass is 293 g/mol. The molecule has 0 saturated carbocycles. The number of hydrogen-bond donors (Lipinski definition) is 1. The van der Waals surface area contributed by atoms with Crippen LogP contribution in [0.5, 0.6) is 5.75 Å². The molecule has 1 saturated heterocycles. The molecule has 0 bridgehead atoms. The first kappa shape index (κ1) is 15.7. The molecule has 1 fully saturated rings. The Morgan fingerprint density at radius 1 is 1.57 bits per heavy atom. The van der Waals surface area contributed by atoms with Crippen LogP contribution in [-0.4, -0.2) is 61.3 Å². The fourth-order valence-electron chi connectivity index (χ4n) is 2.20. The number of morpholine rings is 1. The van der Waals surface area contributed by atoms with Gasteiger partial charge in [-0.2, -0.15) is 0 Å². The molecule has 0 aliphatic carbocycles. The minimum absolute atomic E-state index is 0.00471. The average molecular weight is 293 g/mol. The van der Waals surface area contributed by atoms with E-state index in [0.29, 0.717) is 18.1 Å². The molecule has 1 amide bonds. The molecular weight excluding hydrogens is 270 g/mol. The lowest BCUT2D eigenvalue weighted by molar-refractivity contribution is -0.107. The van der Waals surface area contributed by atoms with Gasteiger partial charge in [0.05, 0.1) is 5.60 Å². The zero-order chi connectivity index (χ0) is 15.5. The fourth-order valence-corrected chi connectivity index (χ4v) is 2.20. The van der Waals surface area contributed by atoms with E-state index in [1.54, 1.807) is 32.4 Å². The molecule has 1 aliphatic heterocycles. The molecular formula is C15H23N3O3. The minimum atomic E-state index is -0.184. The van der Waals surface area contributed by atoms with Gasteiger partial charge in [-0.25, -0.2) is 0 Å². The molecule has 6 nitrogen and oxygen atoms in total. The molecule has 1 atom stereocenters. The van der Waals surface area contributed by atoms with Crippen LogP contribution in [0.15, 0.2) is 18.3 Å². The third-order valence-corrected chi connectivity index (χ3v) is 3.20. The Labute approximate surface area is 125 Å². The van der Waals surface area contributed by atoms with Gasteiger partial charge in [0.25, 0.3) is 5.91 Å². The number of hydrogen-bond acceptors (Lipinski definition) is 5. The van der Waals surface area contributed by atoms with Gasteiger partial charge in [-0.1, -0.05) is 0 Å². The van der Waals surface area contributed by atoms with Gasteiger partial charge in [0.15, 0.2) is 0 Å². The number of pyridine rings is 1. The van der Waals surface area contributed by atoms with Crippen molar-refractivity contribution in [2.24, 2.45) is 0 Å². The van der Waals surface area contributed by atoms with E-state index in [2.05, 4.69) is 10.3 Å². The Hall–Kier alpha value is -1.66. The number of ether oxygens (including phenoxy) is 2. The van der Waals surface area contributed by atoms with E-state index in [1.165, 1.54) is 4.90 Å². The summed E-state index contributed by atoms with van der Waals surface area (Å²) in [5.74, 6) is 0.486. The first-order chi connectivity index (χ1) is 9.87. The van der Waals surface area contributed by atoms with Crippen molar-refractivity contribution in [1.29, 1.82) is 0 Å². The lowest BCUT2D eigenvalue weighted by Gasteiger charge is -2.36. The first-order valence-corrected chi connectivity index (χ1v) is 7.06. The van der Waals surface area contributed by atoms with Crippen LogP contribution in [0.3, 0.4) is 0 Å². The Morgan fingerprint density at radius 3 is 3.00 bits per heavy atom. The summed E-state index contributed by atoms with van der Waals surface area (Å²) in [5, 5.41) is 3.33. The van der Waals surface area contributed by atoms with Crippen LogP contribution in [-0.2, 0) is 4.74 Å². The molecule has 116 valence electrons. The third-order valence-electron chi connectivity index (χ3n) is 3.20. The molecule has 21 heavy (non-hydrogen) atoms. The summed E-state index contributed by atoms with van der Waals surface area (Å²) in [6.07, 6.45) is 1.57. The first-order valence-electron chi connectivity index (χ1n) is 7.06. The van der Waals surface area contributed by atoms with Crippen molar-refractivity contribution in [3.8, 4) is 5.75 Å². The summed E-state index contributed by atoms with van der Waals surface area (Å²) < 4.78 is 11.7. The molecule has 2 rings (SSSR count). The van der Waals surface area contributed by atoms with Crippen molar-refractivity contribution in [1.82, 2.24) is 15.2 Å². The van der Waals surface area contributed by atoms with E-state index in [4.69, 9.17) is 9.47 Å². The van der Waals surface area contributed by atoms with Crippen molar-refractivity contribution in [2.75, 3.05) is 33.8 Å². The van der Waals surface area contributed by atoms with Gasteiger partial charge < -0.3 is 19.7 Å². The number of nitrogens with zero attached hydrogens (tertiary/aromatic N) is 2. The van der Waals surface area contributed by atoms with Gasteiger partial charge in [-0.3, -0.25) is 9.78 Å². The maximum absolute atomic E-state index is 11.9. The summed E-state index contributed by atoms with van der Waals surface area (Å²) in [4.78, 5) is 17.4. The summed E-state index contributed by atoms with van der Waals surface area (Å²) in [7, 11) is 3.39. The quantitative estimate of drug-likeness (QED) is 0.894. The predicted octanol–water partition coefficient (Wildman–Crippen LogP) is 0.929. The molecule has 2 heterocycles. The highest BCUT2D eigenvalue weighted by atomic mass is 16.5. The second-order valence-electron chi connectivity index (χ2n) is 6.02. The van der Waals surface area contributed by atoms with E-state index < -0.39 is 0 Å². The van der Waals surface area contributed by atoms with Crippen molar-refractivity contribution >= 4 is 5.91 Å². The van der Waals surface area contributed by atoms with Crippen LogP contribution in [0.25, 0.3) is 0 Å². The van der Waals surface area contributed by atoms with E-state index in [-0.39, 0.29) is 17.6 Å². The van der Waals surface area contributed by atoms with E-state index >= 15 is 0 Å². The van der Waals surface area contributed by atoms with E-state index in [0.717, 1.165) is 13.1 Å².